The first-order valence-corrected chi connectivity index (χ1v) is 6.66. The summed E-state index contributed by atoms with van der Waals surface area (Å²) in [4.78, 5) is 2.29. The van der Waals surface area contributed by atoms with Crippen molar-refractivity contribution >= 4 is 23.2 Å². The molecule has 1 aromatic carbocycles. The van der Waals surface area contributed by atoms with Crippen molar-refractivity contribution < 1.29 is 0 Å². The maximum absolute atomic E-state index is 6.15. The fraction of sp³-hybridized carbons (Fsp3) is 0.571. The molecule has 1 nitrogen and oxygen atoms in total. The van der Waals surface area contributed by atoms with Crippen LogP contribution in [0.1, 0.15) is 32.8 Å². The van der Waals surface area contributed by atoms with E-state index in [1.807, 2.05) is 12.1 Å². The highest BCUT2D eigenvalue weighted by Gasteiger charge is 2.12. The standard InChI is InChI=1S/C14H21Cl2N/c1-14(2,3)7-8-17(4)10-11-5-6-12(15)9-13(11)16/h5-6,9H,7-8,10H2,1-4H3. The smallest absolute Gasteiger partial charge is 0.0465 e. The number of rotatable bonds is 4. The molecule has 0 saturated carbocycles. The van der Waals surface area contributed by atoms with Gasteiger partial charge in [-0.3, -0.25) is 0 Å². The van der Waals surface area contributed by atoms with Crippen LogP contribution in [0.25, 0.3) is 0 Å². The number of hydrogen-bond donors (Lipinski definition) is 0. The molecule has 96 valence electrons. The first-order chi connectivity index (χ1) is 7.78. The molecule has 0 aliphatic heterocycles. The van der Waals surface area contributed by atoms with E-state index in [2.05, 4.69) is 32.7 Å². The van der Waals surface area contributed by atoms with E-state index in [0.29, 0.717) is 10.4 Å². The van der Waals surface area contributed by atoms with Crippen molar-refractivity contribution in [3.63, 3.8) is 0 Å². The molecule has 0 heterocycles. The van der Waals surface area contributed by atoms with E-state index >= 15 is 0 Å². The predicted molar refractivity (Wildman–Crippen MR) is 76.9 cm³/mol. The van der Waals surface area contributed by atoms with Crippen LogP contribution in [0.4, 0.5) is 0 Å². The van der Waals surface area contributed by atoms with Gasteiger partial charge in [0.05, 0.1) is 0 Å². The Morgan fingerprint density at radius 3 is 2.35 bits per heavy atom. The lowest BCUT2D eigenvalue weighted by Crippen LogP contribution is -2.23. The van der Waals surface area contributed by atoms with Crippen molar-refractivity contribution in [1.29, 1.82) is 0 Å². The van der Waals surface area contributed by atoms with Crippen molar-refractivity contribution in [2.24, 2.45) is 5.41 Å². The van der Waals surface area contributed by atoms with Gasteiger partial charge in [-0.1, -0.05) is 50.0 Å². The SMILES string of the molecule is CN(CCC(C)(C)C)Cc1ccc(Cl)cc1Cl. The zero-order valence-corrected chi connectivity index (χ0v) is 12.6. The summed E-state index contributed by atoms with van der Waals surface area (Å²) < 4.78 is 0. The summed E-state index contributed by atoms with van der Waals surface area (Å²) in [6.07, 6.45) is 1.18. The van der Waals surface area contributed by atoms with E-state index in [0.717, 1.165) is 23.7 Å². The zero-order valence-electron chi connectivity index (χ0n) is 11.1. The molecule has 0 saturated heterocycles. The monoisotopic (exact) mass is 273 g/mol. The van der Waals surface area contributed by atoms with Crippen LogP contribution in [0.15, 0.2) is 18.2 Å². The van der Waals surface area contributed by atoms with Crippen molar-refractivity contribution in [2.45, 2.75) is 33.7 Å². The molecule has 0 amide bonds. The molecule has 0 atom stereocenters. The van der Waals surface area contributed by atoms with E-state index in [-0.39, 0.29) is 0 Å². The van der Waals surface area contributed by atoms with Crippen molar-refractivity contribution in [1.82, 2.24) is 4.90 Å². The van der Waals surface area contributed by atoms with Gasteiger partial charge in [0.2, 0.25) is 0 Å². The Hall–Kier alpha value is -0.240. The van der Waals surface area contributed by atoms with Crippen LogP contribution < -0.4 is 0 Å². The third-order valence-electron chi connectivity index (χ3n) is 2.70. The molecule has 0 N–H and O–H groups in total. The fourth-order valence-corrected chi connectivity index (χ4v) is 2.01. The fourth-order valence-electron chi connectivity index (χ4n) is 1.55. The highest BCUT2D eigenvalue weighted by Crippen LogP contribution is 2.23. The van der Waals surface area contributed by atoms with Crippen LogP contribution >= 0.6 is 23.2 Å². The van der Waals surface area contributed by atoms with Gasteiger partial charge in [-0.15, -0.1) is 0 Å². The summed E-state index contributed by atoms with van der Waals surface area (Å²) in [6, 6.07) is 5.69. The molecular formula is C14H21Cl2N. The molecule has 1 rings (SSSR count). The van der Waals surface area contributed by atoms with Crippen LogP contribution in [-0.2, 0) is 6.54 Å². The average Bonchev–Trinajstić information content (AvgIpc) is 2.18. The molecule has 0 fully saturated rings. The average molecular weight is 274 g/mol. The van der Waals surface area contributed by atoms with Gasteiger partial charge in [0, 0.05) is 16.6 Å². The molecule has 17 heavy (non-hydrogen) atoms. The molecule has 0 bridgehead atoms. The molecule has 1 aromatic rings. The van der Waals surface area contributed by atoms with Gasteiger partial charge < -0.3 is 4.90 Å². The Labute approximate surface area is 115 Å². The van der Waals surface area contributed by atoms with Gasteiger partial charge in [-0.05, 0) is 43.1 Å². The first-order valence-electron chi connectivity index (χ1n) is 5.90. The Morgan fingerprint density at radius 1 is 1.18 bits per heavy atom. The zero-order chi connectivity index (χ0) is 13.1. The number of halogens is 2. The molecule has 3 heteroatoms. The summed E-state index contributed by atoms with van der Waals surface area (Å²) in [6.45, 7) is 8.72. The Bertz CT molecular complexity index is 369. The van der Waals surface area contributed by atoms with Gasteiger partial charge in [-0.25, -0.2) is 0 Å². The highest BCUT2D eigenvalue weighted by atomic mass is 35.5. The van der Waals surface area contributed by atoms with E-state index in [4.69, 9.17) is 23.2 Å². The summed E-state index contributed by atoms with van der Waals surface area (Å²) in [7, 11) is 2.12. The predicted octanol–water partition coefficient (Wildman–Crippen LogP) is 4.86. The lowest BCUT2D eigenvalue weighted by molar-refractivity contribution is 0.259. The van der Waals surface area contributed by atoms with Crippen molar-refractivity contribution in [3.05, 3.63) is 33.8 Å². The van der Waals surface area contributed by atoms with Crippen LogP contribution in [0.5, 0.6) is 0 Å². The Morgan fingerprint density at radius 2 is 1.82 bits per heavy atom. The number of benzene rings is 1. The van der Waals surface area contributed by atoms with Gasteiger partial charge in [-0.2, -0.15) is 0 Å². The van der Waals surface area contributed by atoms with Gasteiger partial charge in [0.25, 0.3) is 0 Å². The van der Waals surface area contributed by atoms with Crippen LogP contribution in [0.3, 0.4) is 0 Å². The lowest BCUT2D eigenvalue weighted by Gasteiger charge is -2.23. The van der Waals surface area contributed by atoms with Gasteiger partial charge >= 0.3 is 0 Å². The van der Waals surface area contributed by atoms with Crippen LogP contribution in [0, 0.1) is 5.41 Å². The van der Waals surface area contributed by atoms with Crippen LogP contribution in [0.2, 0.25) is 10.0 Å². The van der Waals surface area contributed by atoms with Crippen molar-refractivity contribution in [2.75, 3.05) is 13.6 Å². The molecular weight excluding hydrogens is 253 g/mol. The minimum Gasteiger partial charge on any atom is -0.302 e. The van der Waals surface area contributed by atoms with Gasteiger partial charge in [0.15, 0.2) is 0 Å². The second-order valence-corrected chi connectivity index (χ2v) is 6.63. The Kier molecular flexibility index (Phi) is 5.30. The van der Waals surface area contributed by atoms with E-state index < -0.39 is 0 Å². The van der Waals surface area contributed by atoms with Crippen molar-refractivity contribution in [3.8, 4) is 0 Å². The topological polar surface area (TPSA) is 3.24 Å². The van der Waals surface area contributed by atoms with E-state index in [9.17, 15) is 0 Å². The summed E-state index contributed by atoms with van der Waals surface area (Å²) >= 11 is 12.0. The van der Waals surface area contributed by atoms with E-state index in [1.165, 1.54) is 6.42 Å². The highest BCUT2D eigenvalue weighted by molar-refractivity contribution is 6.35. The summed E-state index contributed by atoms with van der Waals surface area (Å²) in [5.74, 6) is 0. The molecule has 0 radical (unpaired) electrons. The Balaban J connectivity index is 2.53. The second-order valence-electron chi connectivity index (χ2n) is 5.78. The largest absolute Gasteiger partial charge is 0.302 e. The third kappa shape index (κ3) is 5.76. The minimum absolute atomic E-state index is 0.373. The minimum atomic E-state index is 0.373. The number of hydrogen-bond acceptors (Lipinski definition) is 1. The third-order valence-corrected chi connectivity index (χ3v) is 3.29. The summed E-state index contributed by atoms with van der Waals surface area (Å²) in [5.41, 5.74) is 1.50. The quantitative estimate of drug-likeness (QED) is 0.757. The molecule has 0 unspecified atom stereocenters. The lowest BCUT2D eigenvalue weighted by atomic mass is 9.92. The molecule has 0 spiro atoms. The molecule has 0 aliphatic rings. The first kappa shape index (κ1) is 14.8. The number of nitrogens with zero attached hydrogens (tertiary/aromatic N) is 1. The maximum atomic E-state index is 6.15. The summed E-state index contributed by atoms with van der Waals surface area (Å²) in [5, 5.41) is 1.44. The van der Waals surface area contributed by atoms with Gasteiger partial charge in [0.1, 0.15) is 0 Å². The second kappa shape index (κ2) is 6.08. The normalized spacial score (nSPS) is 12.2. The van der Waals surface area contributed by atoms with Crippen LogP contribution in [-0.4, -0.2) is 18.5 Å². The van der Waals surface area contributed by atoms with E-state index in [1.54, 1.807) is 6.07 Å². The molecule has 0 aliphatic carbocycles. The maximum Gasteiger partial charge on any atom is 0.0465 e. The molecule has 0 aromatic heterocycles.